The highest BCUT2D eigenvalue weighted by Gasteiger charge is 2.15. The van der Waals surface area contributed by atoms with Crippen LogP contribution < -0.4 is 5.73 Å². The topological polar surface area (TPSA) is 78.1 Å². The number of esters is 1. The molecule has 0 amide bonds. The number of hydrogen-bond donors (Lipinski definition) is 1. The fraction of sp³-hybridized carbons (Fsp3) is 0.312. The predicted molar refractivity (Wildman–Crippen MR) is 89.2 cm³/mol. The highest BCUT2D eigenvalue weighted by atomic mass is 35.5. The average Bonchev–Trinajstić information content (AvgIpc) is 2.52. The summed E-state index contributed by atoms with van der Waals surface area (Å²) < 4.78 is 5.18. The molecular formula is C16H17Cl2N3O2. The van der Waals surface area contributed by atoms with Crippen molar-refractivity contribution in [2.24, 2.45) is 5.73 Å². The third kappa shape index (κ3) is 6.14. The Morgan fingerprint density at radius 2 is 2.00 bits per heavy atom. The lowest BCUT2D eigenvalue weighted by Crippen LogP contribution is -2.32. The van der Waals surface area contributed by atoms with Gasteiger partial charge in [0.2, 0.25) is 0 Å². The third-order valence-electron chi connectivity index (χ3n) is 3.21. The Hall–Kier alpha value is -1.69. The van der Waals surface area contributed by atoms with E-state index in [1.54, 1.807) is 24.5 Å². The van der Waals surface area contributed by atoms with Gasteiger partial charge in [-0.05, 0) is 48.6 Å². The van der Waals surface area contributed by atoms with Crippen LogP contribution >= 0.6 is 23.2 Å². The van der Waals surface area contributed by atoms with E-state index in [2.05, 4.69) is 9.97 Å². The van der Waals surface area contributed by atoms with Crippen molar-refractivity contribution in [1.82, 2.24) is 9.97 Å². The van der Waals surface area contributed by atoms with Crippen LogP contribution in [0.3, 0.4) is 0 Å². The van der Waals surface area contributed by atoms with Crippen molar-refractivity contribution in [3.05, 3.63) is 58.1 Å². The van der Waals surface area contributed by atoms with Crippen molar-refractivity contribution in [2.45, 2.75) is 31.9 Å². The Balaban J connectivity index is 1.74. The summed E-state index contributed by atoms with van der Waals surface area (Å²) in [6.07, 6.45) is 5.69. The van der Waals surface area contributed by atoms with Gasteiger partial charge >= 0.3 is 5.97 Å². The first-order valence-corrected chi connectivity index (χ1v) is 7.93. The maximum atomic E-state index is 11.9. The van der Waals surface area contributed by atoms with E-state index in [1.165, 1.54) is 0 Å². The Morgan fingerprint density at radius 1 is 1.26 bits per heavy atom. The summed E-state index contributed by atoms with van der Waals surface area (Å²) in [5, 5.41) is 0.508. The van der Waals surface area contributed by atoms with Crippen LogP contribution in [0.2, 0.25) is 10.3 Å². The van der Waals surface area contributed by atoms with E-state index >= 15 is 0 Å². The molecule has 0 spiro atoms. The van der Waals surface area contributed by atoms with Gasteiger partial charge in [0, 0.05) is 12.4 Å². The lowest BCUT2D eigenvalue weighted by atomic mass is 10.1. The monoisotopic (exact) mass is 353 g/mol. The Kier molecular flexibility index (Phi) is 6.77. The number of nitrogens with two attached hydrogens (primary N) is 1. The first-order chi connectivity index (χ1) is 11.0. The lowest BCUT2D eigenvalue weighted by Gasteiger charge is -2.11. The second-order valence-electron chi connectivity index (χ2n) is 5.09. The highest BCUT2D eigenvalue weighted by molar-refractivity contribution is 6.32. The molecule has 5 nitrogen and oxygen atoms in total. The van der Waals surface area contributed by atoms with Gasteiger partial charge in [0.05, 0.1) is 0 Å². The van der Waals surface area contributed by atoms with Gasteiger partial charge in [-0.3, -0.25) is 9.78 Å². The Morgan fingerprint density at radius 3 is 2.65 bits per heavy atom. The van der Waals surface area contributed by atoms with Gasteiger partial charge in [0.25, 0.3) is 0 Å². The van der Waals surface area contributed by atoms with Crippen molar-refractivity contribution in [3.63, 3.8) is 0 Å². The molecule has 0 bridgehead atoms. The van der Waals surface area contributed by atoms with Crippen molar-refractivity contribution in [1.29, 1.82) is 0 Å². The molecule has 122 valence electrons. The molecule has 2 N–H and O–H groups in total. The van der Waals surface area contributed by atoms with Crippen LogP contribution in [0.4, 0.5) is 0 Å². The summed E-state index contributed by atoms with van der Waals surface area (Å²) in [5.41, 5.74) is 7.64. The summed E-state index contributed by atoms with van der Waals surface area (Å²) >= 11 is 11.6. The number of hydrogen-bond acceptors (Lipinski definition) is 5. The number of rotatable bonds is 7. The van der Waals surface area contributed by atoms with Gasteiger partial charge in [-0.2, -0.15) is 0 Å². The summed E-state index contributed by atoms with van der Waals surface area (Å²) in [6, 6.07) is 6.41. The van der Waals surface area contributed by atoms with Crippen LogP contribution in [0.5, 0.6) is 0 Å². The van der Waals surface area contributed by atoms with Gasteiger partial charge in [-0.15, -0.1) is 0 Å². The molecule has 0 radical (unpaired) electrons. The number of nitrogens with zero attached hydrogens (tertiary/aromatic N) is 2. The van der Waals surface area contributed by atoms with E-state index in [0.717, 1.165) is 18.4 Å². The van der Waals surface area contributed by atoms with Gasteiger partial charge in [0.1, 0.15) is 23.0 Å². The fourth-order valence-electron chi connectivity index (χ4n) is 2.05. The van der Waals surface area contributed by atoms with Gasteiger partial charge in [-0.1, -0.05) is 29.3 Å². The Bertz CT molecular complexity index is 633. The SMILES string of the molecule is N[C@@H](CCCc1cccnc1)C(=O)OCc1cc(Cl)nc(Cl)c1. The molecule has 2 heterocycles. The van der Waals surface area contributed by atoms with Crippen LogP contribution in [0.1, 0.15) is 24.0 Å². The maximum Gasteiger partial charge on any atom is 0.323 e. The van der Waals surface area contributed by atoms with Crippen LogP contribution in [0.15, 0.2) is 36.7 Å². The average molecular weight is 354 g/mol. The minimum atomic E-state index is -0.653. The smallest absolute Gasteiger partial charge is 0.323 e. The third-order valence-corrected chi connectivity index (χ3v) is 3.60. The number of ether oxygens (including phenoxy) is 1. The Labute approximate surface area is 144 Å². The molecule has 0 fully saturated rings. The summed E-state index contributed by atoms with van der Waals surface area (Å²) in [7, 11) is 0. The van der Waals surface area contributed by atoms with E-state index in [9.17, 15) is 4.79 Å². The second-order valence-corrected chi connectivity index (χ2v) is 5.86. The van der Waals surface area contributed by atoms with Gasteiger partial charge < -0.3 is 10.5 Å². The molecular weight excluding hydrogens is 337 g/mol. The number of carbonyl (C=O) groups is 1. The van der Waals surface area contributed by atoms with Gasteiger partial charge in [-0.25, -0.2) is 4.98 Å². The molecule has 0 saturated carbocycles. The first-order valence-electron chi connectivity index (χ1n) is 7.17. The molecule has 7 heteroatoms. The van der Waals surface area contributed by atoms with Crippen LogP contribution in [0.25, 0.3) is 0 Å². The van der Waals surface area contributed by atoms with E-state index in [4.69, 9.17) is 33.7 Å². The van der Waals surface area contributed by atoms with Gasteiger partial charge in [0.15, 0.2) is 0 Å². The number of halogens is 2. The van der Waals surface area contributed by atoms with Crippen LogP contribution in [-0.2, 0) is 22.6 Å². The summed E-state index contributed by atoms with van der Waals surface area (Å²) in [6.45, 7) is 0.0666. The fourth-order valence-corrected chi connectivity index (χ4v) is 2.55. The molecule has 0 aliphatic carbocycles. The molecule has 0 saturated heterocycles. The number of aryl methyl sites for hydroxylation is 1. The molecule has 2 aromatic rings. The summed E-state index contributed by atoms with van der Waals surface area (Å²) in [4.78, 5) is 19.8. The molecule has 0 aliphatic heterocycles. The van der Waals surface area contributed by atoms with Crippen LogP contribution in [-0.4, -0.2) is 22.0 Å². The zero-order valence-corrected chi connectivity index (χ0v) is 13.9. The second kappa shape index (κ2) is 8.82. The zero-order chi connectivity index (χ0) is 16.7. The minimum absolute atomic E-state index is 0.0666. The lowest BCUT2D eigenvalue weighted by molar-refractivity contribution is -0.146. The standard InChI is InChI=1S/C16H17Cl2N3O2/c17-14-7-12(8-15(18)21-14)10-23-16(22)13(19)5-1-3-11-4-2-6-20-9-11/h2,4,6-9,13H,1,3,5,10,19H2/t13-/m0/s1. The number of aromatic nitrogens is 2. The largest absolute Gasteiger partial charge is 0.460 e. The zero-order valence-electron chi connectivity index (χ0n) is 12.4. The van der Waals surface area contributed by atoms with E-state index in [-0.39, 0.29) is 16.9 Å². The van der Waals surface area contributed by atoms with Crippen molar-refractivity contribution in [2.75, 3.05) is 0 Å². The number of carbonyl (C=O) groups excluding carboxylic acids is 1. The predicted octanol–water partition coefficient (Wildman–Crippen LogP) is 3.18. The molecule has 0 aromatic carbocycles. The summed E-state index contributed by atoms with van der Waals surface area (Å²) in [5.74, 6) is -0.444. The molecule has 0 unspecified atom stereocenters. The van der Waals surface area contributed by atoms with E-state index in [0.29, 0.717) is 12.0 Å². The van der Waals surface area contributed by atoms with Crippen molar-refractivity contribution >= 4 is 29.2 Å². The molecule has 0 aliphatic rings. The minimum Gasteiger partial charge on any atom is -0.460 e. The maximum absolute atomic E-state index is 11.9. The highest BCUT2D eigenvalue weighted by Crippen LogP contribution is 2.15. The normalized spacial score (nSPS) is 12.0. The molecule has 1 atom stereocenters. The van der Waals surface area contributed by atoms with Crippen LogP contribution in [0, 0.1) is 0 Å². The first kappa shape index (κ1) is 17.7. The number of pyridine rings is 2. The van der Waals surface area contributed by atoms with E-state index < -0.39 is 12.0 Å². The quantitative estimate of drug-likeness (QED) is 0.610. The molecule has 23 heavy (non-hydrogen) atoms. The van der Waals surface area contributed by atoms with E-state index in [1.807, 2.05) is 12.1 Å². The van der Waals surface area contributed by atoms with Crippen molar-refractivity contribution < 1.29 is 9.53 Å². The molecule has 2 aromatic heterocycles. The molecule has 2 rings (SSSR count). The van der Waals surface area contributed by atoms with Crippen molar-refractivity contribution in [3.8, 4) is 0 Å².